The molecular formula is C16H21N3O5S. The van der Waals surface area contributed by atoms with Gasteiger partial charge in [0.2, 0.25) is 10.0 Å². The zero-order chi connectivity index (χ0) is 18.4. The minimum atomic E-state index is -3.70. The number of carbonyl (C=O) groups excluding carboxylic acids is 1. The Hall–Kier alpha value is -2.23. The van der Waals surface area contributed by atoms with Crippen LogP contribution < -0.4 is 10.0 Å². The molecule has 1 aromatic carbocycles. The first-order valence-electron chi connectivity index (χ1n) is 7.63. The molecule has 0 unspecified atom stereocenters. The van der Waals surface area contributed by atoms with Crippen molar-refractivity contribution in [3.63, 3.8) is 0 Å². The Morgan fingerprint density at radius 1 is 1.32 bits per heavy atom. The van der Waals surface area contributed by atoms with Crippen LogP contribution in [0.3, 0.4) is 0 Å². The molecule has 2 rings (SSSR count). The lowest BCUT2D eigenvalue weighted by molar-refractivity contribution is 0.0950. The number of aromatic nitrogens is 1. The Bertz CT molecular complexity index is 826. The van der Waals surface area contributed by atoms with Gasteiger partial charge in [0.05, 0.1) is 17.2 Å². The number of benzene rings is 1. The van der Waals surface area contributed by atoms with Crippen LogP contribution in [0.4, 0.5) is 0 Å². The number of nitrogens with zero attached hydrogens (tertiary/aromatic N) is 1. The fraction of sp³-hybridized carbons (Fsp3) is 0.375. The number of carbonyl (C=O) groups is 1. The predicted octanol–water partition coefficient (Wildman–Crippen LogP) is 1.15. The van der Waals surface area contributed by atoms with Crippen LogP contribution >= 0.6 is 0 Å². The average Bonchev–Trinajstić information content (AvgIpc) is 2.91. The van der Waals surface area contributed by atoms with E-state index in [4.69, 9.17) is 9.26 Å². The number of rotatable bonds is 8. The third-order valence-electron chi connectivity index (χ3n) is 3.61. The van der Waals surface area contributed by atoms with Gasteiger partial charge in [0.1, 0.15) is 5.76 Å². The Labute approximate surface area is 146 Å². The van der Waals surface area contributed by atoms with Crippen molar-refractivity contribution >= 4 is 15.9 Å². The van der Waals surface area contributed by atoms with E-state index in [2.05, 4.69) is 15.2 Å². The molecule has 2 aromatic rings. The minimum absolute atomic E-state index is 0.0218. The third-order valence-corrected chi connectivity index (χ3v) is 5.07. The average molecular weight is 367 g/mol. The lowest BCUT2D eigenvalue weighted by Gasteiger charge is -2.09. The standard InChI is InChI=1S/C16H21N3O5S/c1-11-15(12(2)24-19-11)10-17-16(20)13-5-4-6-14(9-13)25(21,22)18-7-8-23-3/h4-6,9,18H,7-8,10H2,1-3H3,(H,17,20). The largest absolute Gasteiger partial charge is 0.383 e. The summed E-state index contributed by atoms with van der Waals surface area (Å²) in [6.45, 7) is 4.22. The van der Waals surface area contributed by atoms with Crippen LogP contribution in [-0.4, -0.2) is 39.7 Å². The highest BCUT2D eigenvalue weighted by atomic mass is 32.2. The van der Waals surface area contributed by atoms with Crippen LogP contribution in [0.15, 0.2) is 33.7 Å². The Balaban J connectivity index is 2.08. The lowest BCUT2D eigenvalue weighted by Crippen LogP contribution is -2.28. The smallest absolute Gasteiger partial charge is 0.251 e. The van der Waals surface area contributed by atoms with Crippen molar-refractivity contribution in [2.24, 2.45) is 0 Å². The van der Waals surface area contributed by atoms with Gasteiger partial charge in [-0.2, -0.15) is 0 Å². The van der Waals surface area contributed by atoms with Crippen LogP contribution in [0.25, 0.3) is 0 Å². The topological polar surface area (TPSA) is 111 Å². The molecular weight excluding hydrogens is 346 g/mol. The summed E-state index contributed by atoms with van der Waals surface area (Å²) in [4.78, 5) is 12.3. The van der Waals surface area contributed by atoms with E-state index in [9.17, 15) is 13.2 Å². The van der Waals surface area contributed by atoms with Gasteiger partial charge in [-0.3, -0.25) is 4.79 Å². The van der Waals surface area contributed by atoms with Crippen LogP contribution in [0, 0.1) is 13.8 Å². The molecule has 0 saturated carbocycles. The first-order chi connectivity index (χ1) is 11.8. The second-order valence-corrected chi connectivity index (χ2v) is 7.17. The van der Waals surface area contributed by atoms with E-state index in [0.29, 0.717) is 11.5 Å². The van der Waals surface area contributed by atoms with Gasteiger partial charge in [0, 0.05) is 31.3 Å². The molecule has 0 bridgehead atoms. The SMILES string of the molecule is COCCNS(=O)(=O)c1cccc(C(=O)NCc2c(C)noc2C)c1. The van der Waals surface area contributed by atoms with E-state index >= 15 is 0 Å². The molecule has 9 heteroatoms. The second kappa shape index (κ2) is 8.24. The molecule has 0 atom stereocenters. The molecule has 0 spiro atoms. The molecule has 0 fully saturated rings. The van der Waals surface area contributed by atoms with E-state index < -0.39 is 10.0 Å². The number of hydrogen-bond donors (Lipinski definition) is 2. The van der Waals surface area contributed by atoms with Crippen LogP contribution in [0.5, 0.6) is 0 Å². The molecule has 0 aliphatic carbocycles. The van der Waals surface area contributed by atoms with Gasteiger partial charge in [0.15, 0.2) is 0 Å². The van der Waals surface area contributed by atoms with Crippen molar-refractivity contribution in [2.75, 3.05) is 20.3 Å². The highest BCUT2D eigenvalue weighted by Gasteiger charge is 2.16. The van der Waals surface area contributed by atoms with Gasteiger partial charge >= 0.3 is 0 Å². The molecule has 0 aliphatic rings. The van der Waals surface area contributed by atoms with E-state index in [0.717, 1.165) is 5.56 Å². The normalized spacial score (nSPS) is 11.5. The van der Waals surface area contributed by atoms with Gasteiger partial charge in [-0.25, -0.2) is 13.1 Å². The van der Waals surface area contributed by atoms with Crippen LogP contribution in [0.1, 0.15) is 27.4 Å². The van der Waals surface area contributed by atoms with E-state index in [1.54, 1.807) is 19.9 Å². The summed E-state index contributed by atoms with van der Waals surface area (Å²) >= 11 is 0. The zero-order valence-electron chi connectivity index (χ0n) is 14.3. The number of sulfonamides is 1. The molecule has 0 radical (unpaired) electrons. The molecule has 136 valence electrons. The maximum atomic E-state index is 12.3. The van der Waals surface area contributed by atoms with Gasteiger partial charge in [-0.15, -0.1) is 0 Å². The van der Waals surface area contributed by atoms with Gasteiger partial charge in [0.25, 0.3) is 5.91 Å². The van der Waals surface area contributed by atoms with Crippen molar-refractivity contribution in [2.45, 2.75) is 25.3 Å². The van der Waals surface area contributed by atoms with Gasteiger partial charge in [-0.1, -0.05) is 11.2 Å². The Morgan fingerprint density at radius 3 is 2.72 bits per heavy atom. The van der Waals surface area contributed by atoms with E-state index in [1.165, 1.54) is 25.3 Å². The fourth-order valence-corrected chi connectivity index (χ4v) is 3.25. The van der Waals surface area contributed by atoms with Crippen LogP contribution in [-0.2, 0) is 21.3 Å². The number of nitrogens with one attached hydrogen (secondary N) is 2. The maximum Gasteiger partial charge on any atom is 0.251 e. The van der Waals surface area contributed by atoms with Crippen LogP contribution in [0.2, 0.25) is 0 Å². The summed E-state index contributed by atoms with van der Waals surface area (Å²) in [7, 11) is -2.21. The van der Waals surface area contributed by atoms with Crippen molar-refractivity contribution in [3.05, 3.63) is 46.8 Å². The molecule has 0 aliphatic heterocycles. The number of methoxy groups -OCH3 is 1. The quantitative estimate of drug-likeness (QED) is 0.677. The molecule has 25 heavy (non-hydrogen) atoms. The zero-order valence-corrected chi connectivity index (χ0v) is 15.1. The second-order valence-electron chi connectivity index (χ2n) is 5.40. The Morgan fingerprint density at radius 2 is 2.08 bits per heavy atom. The third kappa shape index (κ3) is 4.88. The number of aryl methyl sites for hydroxylation is 2. The summed E-state index contributed by atoms with van der Waals surface area (Å²) < 4.78 is 36.7. The highest BCUT2D eigenvalue weighted by molar-refractivity contribution is 7.89. The summed E-state index contributed by atoms with van der Waals surface area (Å²) in [6.07, 6.45) is 0. The summed E-state index contributed by atoms with van der Waals surface area (Å²) in [5, 5.41) is 6.56. The summed E-state index contributed by atoms with van der Waals surface area (Å²) in [5.41, 5.74) is 1.76. The maximum absolute atomic E-state index is 12.3. The van der Waals surface area contributed by atoms with Crippen molar-refractivity contribution in [1.82, 2.24) is 15.2 Å². The number of ether oxygens (including phenoxy) is 1. The van der Waals surface area contributed by atoms with Gasteiger partial charge < -0.3 is 14.6 Å². The number of amides is 1. The lowest BCUT2D eigenvalue weighted by atomic mass is 10.2. The predicted molar refractivity (Wildman–Crippen MR) is 90.7 cm³/mol. The minimum Gasteiger partial charge on any atom is -0.383 e. The van der Waals surface area contributed by atoms with Gasteiger partial charge in [-0.05, 0) is 32.0 Å². The molecule has 1 amide bonds. The molecule has 1 aromatic heterocycles. The van der Waals surface area contributed by atoms with Crippen molar-refractivity contribution < 1.29 is 22.5 Å². The molecule has 1 heterocycles. The number of hydrogen-bond acceptors (Lipinski definition) is 6. The summed E-state index contributed by atoms with van der Waals surface area (Å²) in [5.74, 6) is 0.255. The Kier molecular flexibility index (Phi) is 6.29. The fourth-order valence-electron chi connectivity index (χ4n) is 2.19. The van der Waals surface area contributed by atoms with Crippen molar-refractivity contribution in [3.8, 4) is 0 Å². The summed E-state index contributed by atoms with van der Waals surface area (Å²) in [6, 6.07) is 5.84. The first kappa shape index (κ1) is 19.1. The van der Waals surface area contributed by atoms with E-state index in [1.807, 2.05) is 0 Å². The molecule has 2 N–H and O–H groups in total. The monoisotopic (exact) mass is 367 g/mol. The molecule has 8 nitrogen and oxygen atoms in total. The molecule has 0 saturated heterocycles. The van der Waals surface area contributed by atoms with E-state index in [-0.39, 0.29) is 36.1 Å². The first-order valence-corrected chi connectivity index (χ1v) is 9.12. The van der Waals surface area contributed by atoms with Crippen molar-refractivity contribution in [1.29, 1.82) is 0 Å². The highest BCUT2D eigenvalue weighted by Crippen LogP contribution is 2.14.